The number of nitrogens with zero attached hydrogens (tertiary/aromatic N) is 3. The number of halogens is 2. The van der Waals surface area contributed by atoms with Crippen LogP contribution in [0.3, 0.4) is 0 Å². The zero-order chi connectivity index (χ0) is 27.1. The number of amidine groups is 1. The largest absolute Gasteiger partial charge is 0.450 e. The van der Waals surface area contributed by atoms with E-state index in [1.807, 2.05) is 68.4 Å². The number of furan rings is 1. The molecule has 3 heterocycles. The smallest absolute Gasteiger partial charge is 0.271 e. The van der Waals surface area contributed by atoms with E-state index in [1.165, 1.54) is 23.5 Å². The summed E-state index contributed by atoms with van der Waals surface area (Å²) in [6.45, 7) is 3.85. The summed E-state index contributed by atoms with van der Waals surface area (Å²) < 4.78 is 8.06. The molecule has 5 aromatic rings. The van der Waals surface area contributed by atoms with Gasteiger partial charge in [0.05, 0.1) is 26.5 Å². The second-order valence-corrected chi connectivity index (χ2v) is 12.8. The predicted octanol–water partition coefficient (Wildman–Crippen LogP) is 9.77. The Labute approximate surface area is 247 Å². The Bertz CT molecular complexity index is 1780. The zero-order valence-electron chi connectivity index (χ0n) is 20.6. The van der Waals surface area contributed by atoms with Crippen LogP contribution in [0.4, 0.5) is 11.4 Å². The van der Waals surface area contributed by atoms with E-state index in [4.69, 9.17) is 32.6 Å². The lowest BCUT2D eigenvalue weighted by Crippen LogP contribution is -2.28. The highest BCUT2D eigenvalue weighted by Gasteiger charge is 2.35. The van der Waals surface area contributed by atoms with Crippen molar-refractivity contribution >= 4 is 96.8 Å². The van der Waals surface area contributed by atoms with Gasteiger partial charge < -0.3 is 4.42 Å². The van der Waals surface area contributed by atoms with Crippen molar-refractivity contribution in [3.05, 3.63) is 105 Å². The number of thioether (sulfide) groups is 1. The Morgan fingerprint density at radius 1 is 0.974 bits per heavy atom. The Hall–Kier alpha value is -3.01. The van der Waals surface area contributed by atoms with Crippen molar-refractivity contribution in [3.8, 4) is 0 Å². The molecule has 0 spiro atoms. The van der Waals surface area contributed by atoms with Gasteiger partial charge in [0.25, 0.3) is 5.91 Å². The van der Waals surface area contributed by atoms with Gasteiger partial charge in [-0.3, -0.25) is 9.69 Å². The van der Waals surface area contributed by atoms with Crippen molar-refractivity contribution in [2.45, 2.75) is 23.3 Å². The van der Waals surface area contributed by atoms with E-state index in [0.29, 0.717) is 42.3 Å². The van der Waals surface area contributed by atoms with E-state index in [2.05, 4.69) is 11.1 Å². The number of benzene rings is 3. The molecular formula is C29H19Cl2N3O2S3. The van der Waals surface area contributed by atoms with Crippen LogP contribution < -0.4 is 4.90 Å². The van der Waals surface area contributed by atoms with Gasteiger partial charge in [-0.25, -0.2) is 9.98 Å². The first-order valence-corrected chi connectivity index (χ1v) is 15.0. The van der Waals surface area contributed by atoms with Crippen LogP contribution in [0, 0.1) is 13.8 Å². The van der Waals surface area contributed by atoms with Crippen LogP contribution in [0.25, 0.3) is 16.3 Å². The van der Waals surface area contributed by atoms with Crippen molar-refractivity contribution in [1.82, 2.24) is 4.98 Å². The molecule has 0 radical (unpaired) electrons. The summed E-state index contributed by atoms with van der Waals surface area (Å²) in [5.74, 6) is 0.352. The molecule has 0 unspecified atom stereocenters. The van der Waals surface area contributed by atoms with Gasteiger partial charge in [0.1, 0.15) is 5.76 Å². The van der Waals surface area contributed by atoms with Gasteiger partial charge in [0, 0.05) is 16.1 Å². The second kappa shape index (κ2) is 10.9. The Kier molecular flexibility index (Phi) is 7.31. The lowest BCUT2D eigenvalue weighted by molar-refractivity contribution is -0.113. The fourth-order valence-corrected chi connectivity index (χ4v) is 7.14. The quantitative estimate of drug-likeness (QED) is 0.186. The van der Waals surface area contributed by atoms with Crippen molar-refractivity contribution in [3.63, 3.8) is 0 Å². The van der Waals surface area contributed by atoms with E-state index in [0.717, 1.165) is 25.7 Å². The number of fused-ring (bicyclic) bond motifs is 1. The second-order valence-electron chi connectivity index (χ2n) is 8.72. The molecule has 1 fully saturated rings. The van der Waals surface area contributed by atoms with Gasteiger partial charge in [0.2, 0.25) is 0 Å². The van der Waals surface area contributed by atoms with Crippen LogP contribution in [0.1, 0.15) is 16.9 Å². The third kappa shape index (κ3) is 5.53. The van der Waals surface area contributed by atoms with Gasteiger partial charge in [-0.1, -0.05) is 47.5 Å². The summed E-state index contributed by atoms with van der Waals surface area (Å²) in [5, 5.41) is 2.38. The number of aromatic nitrogens is 1. The molecule has 0 bridgehead atoms. The topological polar surface area (TPSA) is 58.7 Å². The number of rotatable bonds is 5. The molecule has 1 saturated heterocycles. The van der Waals surface area contributed by atoms with Crippen molar-refractivity contribution in [2.24, 2.45) is 4.99 Å². The highest BCUT2D eigenvalue weighted by Crippen LogP contribution is 2.40. The maximum Gasteiger partial charge on any atom is 0.271 e. The standard InChI is InChI=1S/C29H19Cl2N3O2S3/c1-16-7-9-18(13-21(16)30)32-28-34(19-10-8-17(2)22(31)14-19)27(35)25(37-28)15-20-11-12-26(36-20)39-29-33-23-5-3-4-6-24(23)38-29/h3-15H,1-2H3/b25-15-,32-28?. The number of anilines is 1. The molecule has 0 atom stereocenters. The van der Waals surface area contributed by atoms with Crippen LogP contribution in [-0.2, 0) is 4.79 Å². The number of para-hydroxylation sites is 1. The van der Waals surface area contributed by atoms with Crippen molar-refractivity contribution in [2.75, 3.05) is 4.90 Å². The minimum absolute atomic E-state index is 0.214. The number of hydrogen-bond donors (Lipinski definition) is 0. The van der Waals surface area contributed by atoms with Crippen LogP contribution in [0.15, 0.2) is 96.5 Å². The summed E-state index contributed by atoms with van der Waals surface area (Å²) in [7, 11) is 0. The molecule has 2 aromatic heterocycles. The summed E-state index contributed by atoms with van der Waals surface area (Å²) in [6, 6.07) is 22.8. The number of carbonyl (C=O) groups excluding carboxylic acids is 1. The van der Waals surface area contributed by atoms with E-state index >= 15 is 0 Å². The van der Waals surface area contributed by atoms with Crippen LogP contribution in [-0.4, -0.2) is 16.1 Å². The molecule has 1 aliphatic rings. The number of carbonyl (C=O) groups is 1. The van der Waals surface area contributed by atoms with E-state index in [1.54, 1.807) is 34.4 Å². The first kappa shape index (κ1) is 26.2. The Balaban J connectivity index is 1.32. The number of aliphatic imine (C=N–C) groups is 1. The third-order valence-corrected chi connectivity index (χ3v) is 9.74. The van der Waals surface area contributed by atoms with Gasteiger partial charge in [-0.15, -0.1) is 11.3 Å². The first-order valence-electron chi connectivity index (χ1n) is 11.8. The SMILES string of the molecule is Cc1ccc(N=C2S/C(=C\c3ccc(Sc4nc5ccccc5s4)o3)C(=O)N2c2ccc(C)c(Cl)c2)cc1Cl. The zero-order valence-corrected chi connectivity index (χ0v) is 24.6. The average molecular weight is 609 g/mol. The first-order chi connectivity index (χ1) is 18.8. The van der Waals surface area contributed by atoms with Gasteiger partial charge >= 0.3 is 0 Å². The Morgan fingerprint density at radius 3 is 2.51 bits per heavy atom. The molecule has 6 rings (SSSR count). The third-order valence-electron chi connectivity index (χ3n) is 5.94. The number of amides is 1. The summed E-state index contributed by atoms with van der Waals surface area (Å²) in [5.41, 5.74) is 4.13. The van der Waals surface area contributed by atoms with Gasteiger partial charge in [-0.2, -0.15) is 0 Å². The van der Waals surface area contributed by atoms with Crippen LogP contribution in [0.2, 0.25) is 10.0 Å². The molecular weight excluding hydrogens is 589 g/mol. The molecule has 1 aliphatic heterocycles. The summed E-state index contributed by atoms with van der Waals surface area (Å²) in [6.07, 6.45) is 1.74. The average Bonchev–Trinajstić information content (AvgIpc) is 3.61. The van der Waals surface area contributed by atoms with Crippen molar-refractivity contribution < 1.29 is 9.21 Å². The van der Waals surface area contributed by atoms with Crippen molar-refractivity contribution in [1.29, 1.82) is 0 Å². The lowest BCUT2D eigenvalue weighted by Gasteiger charge is -2.16. The Morgan fingerprint density at radius 2 is 1.74 bits per heavy atom. The molecule has 1 amide bonds. The minimum atomic E-state index is -0.214. The fraction of sp³-hybridized carbons (Fsp3) is 0.0690. The highest BCUT2D eigenvalue weighted by molar-refractivity contribution is 8.19. The maximum atomic E-state index is 13.7. The number of thiazole rings is 1. The van der Waals surface area contributed by atoms with Gasteiger partial charge in [-0.05, 0) is 97.0 Å². The summed E-state index contributed by atoms with van der Waals surface area (Å²) >= 11 is 17.1. The molecule has 3 aromatic carbocycles. The van der Waals surface area contributed by atoms with E-state index < -0.39 is 0 Å². The predicted molar refractivity (Wildman–Crippen MR) is 165 cm³/mol. The number of aryl methyl sites for hydroxylation is 2. The monoisotopic (exact) mass is 607 g/mol. The maximum absolute atomic E-state index is 13.7. The normalized spacial score (nSPS) is 15.8. The van der Waals surface area contributed by atoms with Crippen LogP contribution in [0.5, 0.6) is 0 Å². The number of hydrogen-bond acceptors (Lipinski definition) is 7. The molecule has 39 heavy (non-hydrogen) atoms. The summed E-state index contributed by atoms with van der Waals surface area (Å²) in [4.78, 5) is 25.1. The molecule has 5 nitrogen and oxygen atoms in total. The molecule has 10 heteroatoms. The molecule has 194 valence electrons. The lowest BCUT2D eigenvalue weighted by atomic mass is 10.2. The fourth-order valence-electron chi connectivity index (χ4n) is 3.84. The minimum Gasteiger partial charge on any atom is -0.450 e. The van der Waals surface area contributed by atoms with Crippen LogP contribution >= 0.6 is 58.1 Å². The highest BCUT2D eigenvalue weighted by atomic mass is 35.5. The molecule has 0 aliphatic carbocycles. The van der Waals surface area contributed by atoms with Gasteiger partial charge in [0.15, 0.2) is 14.6 Å². The molecule has 0 N–H and O–H groups in total. The van der Waals surface area contributed by atoms with E-state index in [9.17, 15) is 4.79 Å². The van der Waals surface area contributed by atoms with E-state index in [-0.39, 0.29) is 5.91 Å². The molecule has 0 saturated carbocycles.